The van der Waals surface area contributed by atoms with Gasteiger partial charge in [-0.25, -0.2) is 0 Å². The maximum absolute atomic E-state index is 2.60. The van der Waals surface area contributed by atoms with Crippen molar-refractivity contribution in [3.05, 3.63) is 194 Å². The average Bonchev–Trinajstić information content (AvgIpc) is 3.77. The van der Waals surface area contributed by atoms with E-state index >= 15 is 0 Å². The van der Waals surface area contributed by atoms with Crippen molar-refractivity contribution in [2.75, 3.05) is 4.90 Å². The van der Waals surface area contributed by atoms with Crippen molar-refractivity contribution < 1.29 is 0 Å². The van der Waals surface area contributed by atoms with Crippen LogP contribution < -0.4 is 4.90 Å². The van der Waals surface area contributed by atoms with Crippen molar-refractivity contribution in [2.24, 2.45) is 0 Å². The van der Waals surface area contributed by atoms with E-state index in [-0.39, 0.29) is 11.0 Å². The molecule has 1 fully saturated rings. The fraction of sp³-hybridized carbons (Fsp3) is 0.0909. The van der Waals surface area contributed by atoms with Crippen LogP contribution in [0.2, 0.25) is 0 Å². The molecular weight excluding hydrogens is 675 g/mol. The number of nitrogens with zero attached hydrogens (tertiary/aromatic N) is 1. The summed E-state index contributed by atoms with van der Waals surface area (Å²) in [6.07, 6.45) is 1.15. The summed E-state index contributed by atoms with van der Waals surface area (Å²) in [7, 11) is 0. The first-order chi connectivity index (χ1) is 27.5. The molecule has 0 aromatic heterocycles. The number of para-hydroxylation sites is 1. The van der Waals surface area contributed by atoms with Crippen LogP contribution in [0.25, 0.3) is 87.6 Å². The van der Waals surface area contributed by atoms with Crippen LogP contribution in [0.15, 0.2) is 188 Å². The lowest BCUT2D eigenvalue weighted by atomic mass is 9.81. The van der Waals surface area contributed by atoms with Crippen LogP contribution in [0.4, 0.5) is 11.4 Å². The Hall–Kier alpha value is -6.70. The molecule has 1 heteroatoms. The Kier molecular flexibility index (Phi) is 6.45. The van der Waals surface area contributed by atoms with Crippen LogP contribution in [-0.4, -0.2) is 5.54 Å². The molecule has 10 aromatic carbocycles. The molecule has 2 unspecified atom stereocenters. The number of hydrogen-bond acceptors (Lipinski definition) is 1. The first-order valence-corrected chi connectivity index (χ1v) is 19.9. The molecule has 1 heterocycles. The van der Waals surface area contributed by atoms with Gasteiger partial charge in [0.15, 0.2) is 0 Å². The maximum Gasteiger partial charge on any atom is 0.0528 e. The standard InChI is InChI=1S/C55H39N/c1-54-34-55(54,2)56(39-21-10-5-11-22-39)51-30-25-38(31-50(51)54)48-32-46(36-15-6-3-7-16-36)42-28-29-45-49(41-24-14-20-35-19-12-13-23-40(35)41)33-47(37-17-8-4-9-18-37)43-26-27-44(48)52(42)53(43)45/h3-33H,34H2,1-2H3. The molecular formula is C55H39N. The lowest BCUT2D eigenvalue weighted by Gasteiger charge is -2.29. The van der Waals surface area contributed by atoms with E-state index in [1.54, 1.807) is 0 Å². The molecule has 0 bridgehead atoms. The fourth-order valence-electron chi connectivity index (χ4n) is 10.6. The molecule has 264 valence electrons. The van der Waals surface area contributed by atoms with Crippen molar-refractivity contribution in [1.29, 1.82) is 0 Å². The Labute approximate surface area is 327 Å². The zero-order chi connectivity index (χ0) is 37.2. The first kappa shape index (κ1) is 31.6. The Balaban J connectivity index is 1.19. The van der Waals surface area contributed by atoms with Gasteiger partial charge in [-0.15, -0.1) is 0 Å². The number of hydrogen-bond donors (Lipinski definition) is 0. The van der Waals surface area contributed by atoms with Gasteiger partial charge in [0.1, 0.15) is 0 Å². The number of anilines is 2. The highest BCUT2D eigenvalue weighted by atomic mass is 15.3. The van der Waals surface area contributed by atoms with E-state index in [0.29, 0.717) is 0 Å². The summed E-state index contributed by atoms with van der Waals surface area (Å²) >= 11 is 0. The average molecular weight is 714 g/mol. The summed E-state index contributed by atoms with van der Waals surface area (Å²) in [6.45, 7) is 4.92. The second kappa shape index (κ2) is 11.4. The smallest absolute Gasteiger partial charge is 0.0528 e. The quantitative estimate of drug-likeness (QED) is 0.161. The van der Waals surface area contributed by atoms with Gasteiger partial charge in [0, 0.05) is 16.8 Å². The molecule has 1 nitrogen and oxygen atoms in total. The minimum Gasteiger partial charge on any atom is -0.334 e. The minimum absolute atomic E-state index is 0.0685. The Morgan fingerprint density at radius 3 is 1.55 bits per heavy atom. The second-order valence-corrected chi connectivity index (χ2v) is 16.5. The molecule has 0 N–H and O–H groups in total. The van der Waals surface area contributed by atoms with Crippen LogP contribution in [0.3, 0.4) is 0 Å². The highest BCUT2D eigenvalue weighted by molar-refractivity contribution is 6.32. The minimum atomic E-state index is 0.0685. The predicted molar refractivity (Wildman–Crippen MR) is 238 cm³/mol. The van der Waals surface area contributed by atoms with Gasteiger partial charge in [-0.2, -0.15) is 0 Å². The van der Waals surface area contributed by atoms with Crippen LogP contribution in [0.5, 0.6) is 0 Å². The topological polar surface area (TPSA) is 3.24 Å². The SMILES string of the molecule is CC12CC1(C)N(c1ccccc1)c1ccc(-c3cc(-c4ccccc4)c4ccc5c(-c6cccc7ccccc67)cc(-c6ccccc6)c6ccc3c4c65)cc12. The van der Waals surface area contributed by atoms with E-state index in [9.17, 15) is 0 Å². The van der Waals surface area contributed by atoms with Gasteiger partial charge < -0.3 is 4.90 Å². The van der Waals surface area contributed by atoms with Crippen LogP contribution in [0, 0.1) is 0 Å². The molecule has 1 aliphatic heterocycles. The summed E-state index contributed by atoms with van der Waals surface area (Å²) < 4.78 is 0. The van der Waals surface area contributed by atoms with E-state index in [1.807, 2.05) is 0 Å². The Morgan fingerprint density at radius 1 is 0.393 bits per heavy atom. The largest absolute Gasteiger partial charge is 0.334 e. The molecule has 0 spiro atoms. The maximum atomic E-state index is 2.60. The number of rotatable bonds is 5. The summed E-state index contributed by atoms with van der Waals surface area (Å²) in [5.41, 5.74) is 14.3. The molecule has 1 aliphatic carbocycles. The van der Waals surface area contributed by atoms with E-state index in [4.69, 9.17) is 0 Å². The highest BCUT2D eigenvalue weighted by Gasteiger charge is 2.70. The van der Waals surface area contributed by atoms with E-state index in [1.165, 1.54) is 105 Å². The predicted octanol–water partition coefficient (Wildman–Crippen LogP) is 15.0. The van der Waals surface area contributed by atoms with Gasteiger partial charge in [-0.3, -0.25) is 0 Å². The molecule has 2 aliphatic rings. The molecule has 1 saturated carbocycles. The normalized spacial score (nSPS) is 18.6. The molecule has 56 heavy (non-hydrogen) atoms. The fourth-order valence-corrected chi connectivity index (χ4v) is 10.6. The number of benzene rings is 10. The summed E-state index contributed by atoms with van der Waals surface area (Å²) in [4.78, 5) is 2.60. The second-order valence-electron chi connectivity index (χ2n) is 16.5. The van der Waals surface area contributed by atoms with Crippen LogP contribution >= 0.6 is 0 Å². The zero-order valence-electron chi connectivity index (χ0n) is 31.6. The van der Waals surface area contributed by atoms with Gasteiger partial charge in [0.05, 0.1) is 5.54 Å². The van der Waals surface area contributed by atoms with Gasteiger partial charge in [0.2, 0.25) is 0 Å². The summed E-state index contributed by atoms with van der Waals surface area (Å²) in [5, 5.41) is 10.4. The van der Waals surface area contributed by atoms with E-state index in [2.05, 4.69) is 207 Å². The third-order valence-electron chi connectivity index (χ3n) is 13.6. The van der Waals surface area contributed by atoms with Gasteiger partial charge in [0.25, 0.3) is 0 Å². The van der Waals surface area contributed by atoms with E-state index in [0.717, 1.165) is 6.42 Å². The van der Waals surface area contributed by atoms with E-state index < -0.39 is 0 Å². The lowest BCUT2D eigenvalue weighted by Crippen LogP contribution is -2.30. The monoisotopic (exact) mass is 713 g/mol. The van der Waals surface area contributed by atoms with Crippen molar-refractivity contribution in [1.82, 2.24) is 0 Å². The van der Waals surface area contributed by atoms with Crippen molar-refractivity contribution in [3.63, 3.8) is 0 Å². The van der Waals surface area contributed by atoms with Crippen LogP contribution in [-0.2, 0) is 5.41 Å². The Bertz CT molecular complexity index is 3180. The van der Waals surface area contributed by atoms with Gasteiger partial charge >= 0.3 is 0 Å². The van der Waals surface area contributed by atoms with Crippen LogP contribution in [0.1, 0.15) is 25.8 Å². The van der Waals surface area contributed by atoms with Crippen molar-refractivity contribution >= 4 is 54.5 Å². The molecule has 0 radical (unpaired) electrons. The summed E-state index contributed by atoms with van der Waals surface area (Å²) in [5.74, 6) is 0. The summed E-state index contributed by atoms with van der Waals surface area (Å²) in [6, 6.07) is 70.3. The van der Waals surface area contributed by atoms with Crippen molar-refractivity contribution in [3.8, 4) is 44.5 Å². The molecule has 2 atom stereocenters. The molecule has 12 rings (SSSR count). The highest BCUT2D eigenvalue weighted by Crippen LogP contribution is 2.70. The van der Waals surface area contributed by atoms with Gasteiger partial charge in [-0.1, -0.05) is 159 Å². The molecule has 0 amide bonds. The first-order valence-electron chi connectivity index (χ1n) is 19.9. The zero-order valence-corrected chi connectivity index (χ0v) is 31.6. The van der Waals surface area contributed by atoms with Crippen molar-refractivity contribution in [2.45, 2.75) is 31.2 Å². The Morgan fingerprint density at radius 2 is 0.911 bits per heavy atom. The lowest BCUT2D eigenvalue weighted by molar-refractivity contribution is 0.639. The molecule has 0 saturated heterocycles. The molecule has 10 aromatic rings. The van der Waals surface area contributed by atoms with Gasteiger partial charge in [-0.05, 0) is 143 Å². The number of fused-ring (bicyclic) bond motifs is 4. The third kappa shape index (κ3) is 4.26. The third-order valence-corrected chi connectivity index (χ3v) is 13.6.